The van der Waals surface area contributed by atoms with Crippen LogP contribution in [-0.2, 0) is 11.2 Å². The molecule has 1 heterocycles. The number of aliphatic hydroxyl groups is 1. The standard InChI is InChI=1S/C18H21Cl2NO2S/c1-21(15(10-11-22)13-6-3-2-4-7-13)17(23)9-5-8-14-12-16(19)24-18(14)20/h2-4,6-7,12,15,22H,5,8-11H2,1H3/t15-/m1/s1. The molecule has 0 bridgehead atoms. The molecule has 24 heavy (non-hydrogen) atoms. The molecule has 0 fully saturated rings. The van der Waals surface area contributed by atoms with Crippen LogP contribution in [0.4, 0.5) is 0 Å². The van der Waals surface area contributed by atoms with Crippen LogP contribution in [0.3, 0.4) is 0 Å². The predicted octanol–water partition coefficient (Wildman–Crippen LogP) is 4.96. The average molecular weight is 386 g/mol. The minimum absolute atomic E-state index is 0.0419. The Morgan fingerprint density at radius 1 is 1.29 bits per heavy atom. The maximum absolute atomic E-state index is 12.5. The van der Waals surface area contributed by atoms with Gasteiger partial charge in [0.25, 0.3) is 0 Å². The van der Waals surface area contributed by atoms with Crippen LogP contribution in [0.25, 0.3) is 0 Å². The number of halogens is 2. The van der Waals surface area contributed by atoms with Gasteiger partial charge < -0.3 is 10.0 Å². The highest BCUT2D eigenvalue weighted by Gasteiger charge is 2.21. The number of amides is 1. The van der Waals surface area contributed by atoms with E-state index in [2.05, 4.69) is 0 Å². The molecule has 1 atom stereocenters. The molecule has 1 amide bonds. The number of carbonyl (C=O) groups is 1. The molecule has 2 rings (SSSR count). The van der Waals surface area contributed by atoms with E-state index in [1.165, 1.54) is 11.3 Å². The van der Waals surface area contributed by atoms with Crippen molar-refractivity contribution < 1.29 is 9.90 Å². The summed E-state index contributed by atoms with van der Waals surface area (Å²) in [4.78, 5) is 14.2. The maximum Gasteiger partial charge on any atom is 0.222 e. The first-order chi connectivity index (χ1) is 11.5. The molecular formula is C18H21Cl2NO2S. The van der Waals surface area contributed by atoms with Gasteiger partial charge in [-0.15, -0.1) is 11.3 Å². The highest BCUT2D eigenvalue weighted by molar-refractivity contribution is 7.20. The molecule has 0 saturated carbocycles. The lowest BCUT2D eigenvalue weighted by molar-refractivity contribution is -0.132. The van der Waals surface area contributed by atoms with Crippen molar-refractivity contribution >= 4 is 40.4 Å². The van der Waals surface area contributed by atoms with Gasteiger partial charge in [0.2, 0.25) is 5.91 Å². The molecule has 0 aliphatic carbocycles. The Balaban J connectivity index is 1.93. The molecule has 2 aromatic rings. The third-order valence-corrected chi connectivity index (χ3v) is 5.58. The number of benzene rings is 1. The number of rotatable bonds is 8. The van der Waals surface area contributed by atoms with Gasteiger partial charge in [-0.2, -0.15) is 0 Å². The zero-order chi connectivity index (χ0) is 17.5. The molecule has 0 unspecified atom stereocenters. The van der Waals surface area contributed by atoms with Crippen molar-refractivity contribution in [3.05, 3.63) is 56.2 Å². The van der Waals surface area contributed by atoms with Crippen molar-refractivity contribution in [2.24, 2.45) is 0 Å². The summed E-state index contributed by atoms with van der Waals surface area (Å²) in [7, 11) is 1.80. The molecule has 0 spiro atoms. The lowest BCUT2D eigenvalue weighted by Crippen LogP contribution is -2.31. The molecule has 1 aromatic heterocycles. The van der Waals surface area contributed by atoms with Gasteiger partial charge in [-0.05, 0) is 36.5 Å². The van der Waals surface area contributed by atoms with Gasteiger partial charge >= 0.3 is 0 Å². The monoisotopic (exact) mass is 385 g/mol. The molecule has 3 nitrogen and oxygen atoms in total. The Labute approximate surface area is 156 Å². The topological polar surface area (TPSA) is 40.5 Å². The minimum atomic E-state index is -0.108. The number of aryl methyl sites for hydroxylation is 1. The van der Waals surface area contributed by atoms with E-state index in [4.69, 9.17) is 23.2 Å². The van der Waals surface area contributed by atoms with Gasteiger partial charge in [0.1, 0.15) is 0 Å². The molecule has 1 N–H and O–H groups in total. The number of hydrogen-bond donors (Lipinski definition) is 1. The van der Waals surface area contributed by atoms with Crippen molar-refractivity contribution in [1.29, 1.82) is 0 Å². The maximum atomic E-state index is 12.5. The lowest BCUT2D eigenvalue weighted by Gasteiger charge is -2.28. The van der Waals surface area contributed by atoms with Crippen LogP contribution in [0.15, 0.2) is 36.4 Å². The zero-order valence-corrected chi connectivity index (χ0v) is 15.9. The van der Waals surface area contributed by atoms with Crippen LogP contribution in [0, 0.1) is 0 Å². The summed E-state index contributed by atoms with van der Waals surface area (Å²) in [6.45, 7) is 0.0419. The first-order valence-electron chi connectivity index (χ1n) is 7.88. The Hall–Kier alpha value is -1.07. The van der Waals surface area contributed by atoms with Crippen LogP contribution in [0.2, 0.25) is 8.67 Å². The molecule has 6 heteroatoms. The fourth-order valence-corrected chi connectivity index (χ4v) is 4.25. The fraction of sp³-hybridized carbons (Fsp3) is 0.389. The lowest BCUT2D eigenvalue weighted by atomic mass is 10.0. The summed E-state index contributed by atoms with van der Waals surface area (Å²) in [6.07, 6.45) is 2.42. The largest absolute Gasteiger partial charge is 0.396 e. The quantitative estimate of drug-likeness (QED) is 0.697. The molecule has 0 radical (unpaired) electrons. The normalized spacial score (nSPS) is 12.2. The predicted molar refractivity (Wildman–Crippen MR) is 101 cm³/mol. The first kappa shape index (κ1) is 19.3. The van der Waals surface area contributed by atoms with Crippen LogP contribution >= 0.6 is 34.5 Å². The summed E-state index contributed by atoms with van der Waals surface area (Å²) in [6, 6.07) is 11.6. The summed E-state index contributed by atoms with van der Waals surface area (Å²) in [5, 5.41) is 9.32. The second-order valence-corrected chi connectivity index (χ2v) is 7.93. The number of carbonyl (C=O) groups excluding carboxylic acids is 1. The number of hydrogen-bond acceptors (Lipinski definition) is 3. The van der Waals surface area contributed by atoms with Crippen LogP contribution in [0.5, 0.6) is 0 Å². The SMILES string of the molecule is CN(C(=O)CCCc1cc(Cl)sc1Cl)[C@H](CCO)c1ccccc1. The van der Waals surface area contributed by atoms with Crippen molar-refractivity contribution in [3.63, 3.8) is 0 Å². The molecule has 0 aliphatic rings. The second-order valence-electron chi connectivity index (χ2n) is 5.65. The van der Waals surface area contributed by atoms with E-state index in [1.54, 1.807) is 11.9 Å². The minimum Gasteiger partial charge on any atom is -0.396 e. The van der Waals surface area contributed by atoms with Crippen LogP contribution < -0.4 is 0 Å². The van der Waals surface area contributed by atoms with Gasteiger partial charge in [-0.25, -0.2) is 0 Å². The highest BCUT2D eigenvalue weighted by Crippen LogP contribution is 2.32. The number of thiophene rings is 1. The summed E-state index contributed by atoms with van der Waals surface area (Å²) in [5.41, 5.74) is 2.03. The Morgan fingerprint density at radius 2 is 2.00 bits per heavy atom. The van der Waals surface area contributed by atoms with E-state index in [1.807, 2.05) is 36.4 Å². The van der Waals surface area contributed by atoms with E-state index >= 15 is 0 Å². The van der Waals surface area contributed by atoms with Crippen LogP contribution in [-0.4, -0.2) is 29.6 Å². The molecule has 0 aliphatic heterocycles. The Bertz CT molecular complexity index is 660. The summed E-state index contributed by atoms with van der Waals surface area (Å²) in [5.74, 6) is 0.0646. The molecule has 1 aromatic carbocycles. The Kier molecular flexibility index (Phi) is 7.56. The van der Waals surface area contributed by atoms with E-state index in [0.717, 1.165) is 24.0 Å². The smallest absolute Gasteiger partial charge is 0.222 e. The van der Waals surface area contributed by atoms with Gasteiger partial charge in [-0.1, -0.05) is 53.5 Å². The fourth-order valence-electron chi connectivity index (χ4n) is 2.71. The summed E-state index contributed by atoms with van der Waals surface area (Å²) >= 11 is 13.4. The number of nitrogens with zero attached hydrogens (tertiary/aromatic N) is 1. The zero-order valence-electron chi connectivity index (χ0n) is 13.5. The third kappa shape index (κ3) is 5.21. The van der Waals surface area contributed by atoms with Crippen molar-refractivity contribution in [3.8, 4) is 0 Å². The van der Waals surface area contributed by atoms with E-state index < -0.39 is 0 Å². The highest BCUT2D eigenvalue weighted by atomic mass is 35.5. The molecular weight excluding hydrogens is 365 g/mol. The van der Waals surface area contributed by atoms with Crippen LogP contribution in [0.1, 0.15) is 36.4 Å². The number of aliphatic hydroxyl groups excluding tert-OH is 1. The first-order valence-corrected chi connectivity index (χ1v) is 9.45. The molecule has 130 valence electrons. The summed E-state index contributed by atoms with van der Waals surface area (Å²) < 4.78 is 1.37. The van der Waals surface area contributed by atoms with E-state index in [9.17, 15) is 9.90 Å². The average Bonchev–Trinajstić information content (AvgIpc) is 2.90. The van der Waals surface area contributed by atoms with Gasteiger partial charge in [0.15, 0.2) is 0 Å². The van der Waals surface area contributed by atoms with E-state index in [0.29, 0.717) is 21.5 Å². The van der Waals surface area contributed by atoms with E-state index in [-0.39, 0.29) is 18.6 Å². The second kappa shape index (κ2) is 9.42. The van der Waals surface area contributed by atoms with Crippen molar-refractivity contribution in [2.45, 2.75) is 31.7 Å². The molecule has 0 saturated heterocycles. The van der Waals surface area contributed by atoms with Gasteiger partial charge in [0.05, 0.1) is 14.7 Å². The van der Waals surface area contributed by atoms with Crippen molar-refractivity contribution in [1.82, 2.24) is 4.90 Å². The third-order valence-electron chi connectivity index (χ3n) is 4.01. The van der Waals surface area contributed by atoms with Gasteiger partial charge in [-0.3, -0.25) is 4.79 Å². The van der Waals surface area contributed by atoms with Crippen molar-refractivity contribution in [2.75, 3.05) is 13.7 Å². The van der Waals surface area contributed by atoms with Gasteiger partial charge in [0, 0.05) is 20.1 Å². The Morgan fingerprint density at radius 3 is 2.58 bits per heavy atom.